The second kappa shape index (κ2) is 27.6. The number of aromatic nitrogens is 5. The van der Waals surface area contributed by atoms with E-state index in [4.69, 9.17) is 8.83 Å². The maximum Gasteiger partial charge on any atom is 0.136 e. The first-order chi connectivity index (χ1) is 66.5. The van der Waals surface area contributed by atoms with Crippen molar-refractivity contribution in [3.63, 3.8) is 0 Å². The molecule has 0 saturated carbocycles. The maximum atomic E-state index is 6.92. The summed E-state index contributed by atoms with van der Waals surface area (Å²) >= 11 is 0. The molecule has 2 aliphatic rings. The van der Waals surface area contributed by atoms with Crippen molar-refractivity contribution < 1.29 is 8.83 Å². The average molecular weight is 1700 g/mol. The fraction of sp³-hybridized carbons (Fsp3) is 0.00787. The third-order valence-electron chi connectivity index (χ3n) is 29.7. The highest BCUT2D eigenvalue weighted by Gasteiger charge is 2.53. The van der Waals surface area contributed by atoms with Crippen LogP contribution in [-0.2, 0) is 5.41 Å². The molecular formula is C127H75N5O2. The van der Waals surface area contributed by atoms with Gasteiger partial charge in [-0.3, -0.25) is 0 Å². The van der Waals surface area contributed by atoms with E-state index in [0.717, 1.165) is 144 Å². The molecule has 0 bridgehead atoms. The molecule has 2 aliphatic carbocycles. The van der Waals surface area contributed by atoms with E-state index >= 15 is 0 Å². The molecule has 0 N–H and O–H groups in total. The van der Waals surface area contributed by atoms with Gasteiger partial charge >= 0.3 is 0 Å². The normalized spacial score (nSPS) is 13.6. The Hall–Kier alpha value is -17.8. The predicted molar refractivity (Wildman–Crippen MR) is 556 cm³/mol. The Morgan fingerprint density at radius 3 is 0.985 bits per heavy atom. The monoisotopic (exact) mass is 1700 g/mol. The summed E-state index contributed by atoms with van der Waals surface area (Å²) in [5.74, 6) is 0. The molecule has 0 radical (unpaired) electrons. The Morgan fingerprint density at radius 1 is 0.157 bits per heavy atom. The van der Waals surface area contributed by atoms with Crippen LogP contribution in [-0.4, -0.2) is 22.8 Å². The zero-order valence-electron chi connectivity index (χ0n) is 72.4. The summed E-state index contributed by atoms with van der Waals surface area (Å²) in [5.41, 5.74) is 41.6. The third-order valence-corrected chi connectivity index (χ3v) is 29.7. The molecule has 28 aromatic rings. The van der Waals surface area contributed by atoms with Crippen LogP contribution in [0.5, 0.6) is 0 Å². The van der Waals surface area contributed by atoms with Gasteiger partial charge in [-0.05, 0) is 271 Å². The van der Waals surface area contributed by atoms with Gasteiger partial charge in [-0.1, -0.05) is 279 Å². The second-order valence-electron chi connectivity index (χ2n) is 36.3. The van der Waals surface area contributed by atoms with Gasteiger partial charge < -0.3 is 31.7 Å². The fourth-order valence-corrected chi connectivity index (χ4v) is 24.2. The van der Waals surface area contributed by atoms with Crippen molar-refractivity contribution in [2.24, 2.45) is 0 Å². The minimum Gasteiger partial charge on any atom is -0.456 e. The van der Waals surface area contributed by atoms with Crippen molar-refractivity contribution in [1.29, 1.82) is 0 Å². The van der Waals surface area contributed by atoms with Gasteiger partial charge in [0.25, 0.3) is 0 Å². The van der Waals surface area contributed by atoms with Crippen molar-refractivity contribution in [2.45, 2.75) is 5.41 Å². The van der Waals surface area contributed by atoms with Crippen LogP contribution in [0.4, 0.5) is 0 Å². The van der Waals surface area contributed by atoms with Crippen LogP contribution in [0.25, 0.3) is 259 Å². The number of rotatable bonds is 10. The maximum absolute atomic E-state index is 6.92. The lowest BCUT2D eigenvalue weighted by Gasteiger charge is -2.30. The number of hydrogen-bond donors (Lipinski definition) is 0. The van der Waals surface area contributed by atoms with E-state index in [9.17, 15) is 0 Å². The Kier molecular flexibility index (Phi) is 15.1. The fourth-order valence-electron chi connectivity index (χ4n) is 24.2. The van der Waals surface area contributed by atoms with Crippen LogP contribution < -0.4 is 0 Å². The van der Waals surface area contributed by atoms with Crippen LogP contribution in [0.3, 0.4) is 0 Å². The van der Waals surface area contributed by atoms with Crippen molar-refractivity contribution in [3.8, 4) is 106 Å². The van der Waals surface area contributed by atoms with Crippen molar-refractivity contribution in [1.82, 2.24) is 22.8 Å². The molecule has 7 heterocycles. The van der Waals surface area contributed by atoms with Crippen LogP contribution in [0, 0.1) is 0 Å². The topological polar surface area (TPSA) is 50.9 Å². The lowest BCUT2D eigenvalue weighted by Crippen LogP contribution is -2.25. The van der Waals surface area contributed by atoms with E-state index in [1.165, 1.54) is 137 Å². The lowest BCUT2D eigenvalue weighted by atomic mass is 9.70. The van der Waals surface area contributed by atoms with Crippen LogP contribution in [0.2, 0.25) is 0 Å². The van der Waals surface area contributed by atoms with E-state index in [1.54, 1.807) is 0 Å². The van der Waals surface area contributed by atoms with E-state index in [2.05, 4.69) is 478 Å². The van der Waals surface area contributed by atoms with Gasteiger partial charge in [0.2, 0.25) is 0 Å². The van der Waals surface area contributed by atoms with Crippen molar-refractivity contribution >= 4 is 153 Å². The summed E-state index contributed by atoms with van der Waals surface area (Å²) in [6.45, 7) is 0. The first-order valence-electron chi connectivity index (χ1n) is 46.3. The number of fused-ring (bicyclic) bond motifs is 33. The Morgan fingerprint density at radius 2 is 0.470 bits per heavy atom. The summed E-state index contributed by atoms with van der Waals surface area (Å²) in [4.78, 5) is 0. The highest BCUT2D eigenvalue weighted by Crippen LogP contribution is 2.66. The molecule has 7 aromatic heterocycles. The first kappa shape index (κ1) is 73.2. The quantitative estimate of drug-likeness (QED) is 0.137. The Bertz CT molecular complexity index is 9950. The summed E-state index contributed by atoms with van der Waals surface area (Å²) in [6, 6.07) is 169. The third kappa shape index (κ3) is 10.1. The molecular weight excluding hydrogens is 1630 g/mol. The van der Waals surface area contributed by atoms with Gasteiger partial charge in [0, 0.05) is 109 Å². The molecule has 0 saturated heterocycles. The SMILES string of the molecule is c1ccc(-n2c3ccccc3c3cc(-c4cccc5oc6ccc(-c7ccc8c(c7)c7ccc9c(c7n8-c7ccccc7)-c7ccccc7C97c8ccccc8-c8c(-c9ccc%10c(c9)c9cc(-c%11cccc%12oc%13ccc(-c%14ccc%15c(c%14)c%14ccc%16c(c%17ccccc%17n%16-c%16ccccc%16)c%14n%15-c%14ccccc%14)cc%13c%11%12)ccc9n%10-c9ccccc9)cccc87)cc6c45)ccc32)cc1. The molecule has 7 nitrogen and oxygen atoms in total. The molecule has 1 unspecified atom stereocenters. The van der Waals surface area contributed by atoms with E-state index < -0.39 is 5.41 Å². The number of nitrogens with zero attached hydrogens (tertiary/aromatic N) is 5. The molecule has 0 amide bonds. The molecule has 620 valence electrons. The molecule has 1 spiro atoms. The van der Waals surface area contributed by atoms with Gasteiger partial charge in [0.15, 0.2) is 0 Å². The minimum atomic E-state index is -0.667. The zero-order chi connectivity index (χ0) is 87.3. The molecule has 30 rings (SSSR count). The molecule has 7 heteroatoms. The van der Waals surface area contributed by atoms with Gasteiger partial charge in [-0.25, -0.2) is 0 Å². The minimum absolute atomic E-state index is 0.667. The van der Waals surface area contributed by atoms with Gasteiger partial charge in [-0.15, -0.1) is 0 Å². The van der Waals surface area contributed by atoms with Crippen LogP contribution in [0.15, 0.2) is 464 Å². The van der Waals surface area contributed by atoms with Crippen LogP contribution >= 0.6 is 0 Å². The number of para-hydroxylation sites is 7. The highest BCUT2D eigenvalue weighted by molar-refractivity contribution is 6.28. The highest BCUT2D eigenvalue weighted by atomic mass is 16.3. The summed E-state index contributed by atoms with van der Waals surface area (Å²) in [5, 5.41) is 16.4. The van der Waals surface area contributed by atoms with E-state index in [0.29, 0.717) is 0 Å². The summed E-state index contributed by atoms with van der Waals surface area (Å²) < 4.78 is 26.0. The molecule has 0 fully saturated rings. The molecule has 134 heavy (non-hydrogen) atoms. The van der Waals surface area contributed by atoms with E-state index in [1.807, 2.05) is 0 Å². The molecule has 21 aromatic carbocycles. The molecule has 0 aliphatic heterocycles. The van der Waals surface area contributed by atoms with Crippen LogP contribution in [0.1, 0.15) is 22.3 Å². The first-order valence-corrected chi connectivity index (χ1v) is 46.3. The number of furan rings is 2. The second-order valence-corrected chi connectivity index (χ2v) is 36.3. The Labute approximate surface area is 768 Å². The van der Waals surface area contributed by atoms with Gasteiger partial charge in [-0.2, -0.15) is 0 Å². The molecule has 1 atom stereocenters. The standard InChI is InChI=1S/C127H75N5O2/c1-6-27-83(28-7-1)128-108-47-22-18-37-91(108)97-73-81(54-63-110(97)128)89-42-25-49-118-121(89)102-71-78(56-67-116(102)133-118)76-51-61-113-98(69-76)92-58-60-107-123(125(92)131(113)86-33-12-4-13-34-86)95-39-17-21-45-105(95)127(107)104-44-20-16-38-94(104)120-88(41-24-46-106(120)127)80-53-64-111-100(74-80)101-75-82(55-65-112(101)129(111)84-29-8-2-9-30-84)90-43-26-50-119-122(90)103-72-79(57-68-117(103)134-119)77-52-62-114-99(70-77)93-59-66-115-124(126(93)132(114)87-35-14-5-15-36-87)96-40-19-23-48-109(96)130(115)85-31-10-3-11-32-85/h1-75H. The number of benzene rings is 21. The smallest absolute Gasteiger partial charge is 0.136 e. The van der Waals surface area contributed by atoms with Gasteiger partial charge in [0.05, 0.1) is 60.6 Å². The van der Waals surface area contributed by atoms with E-state index in [-0.39, 0.29) is 0 Å². The van der Waals surface area contributed by atoms with Crippen molar-refractivity contribution in [3.05, 3.63) is 477 Å². The van der Waals surface area contributed by atoms with Gasteiger partial charge in [0.1, 0.15) is 22.3 Å². The largest absolute Gasteiger partial charge is 0.456 e. The summed E-state index contributed by atoms with van der Waals surface area (Å²) in [6.07, 6.45) is 0. The Balaban J connectivity index is 0.555. The zero-order valence-corrected chi connectivity index (χ0v) is 72.4. The average Bonchev–Trinajstić information content (AvgIpc) is 1.49. The number of hydrogen-bond acceptors (Lipinski definition) is 2. The lowest BCUT2D eigenvalue weighted by molar-refractivity contribution is 0.668. The predicted octanol–water partition coefficient (Wildman–Crippen LogP) is 33.6. The summed E-state index contributed by atoms with van der Waals surface area (Å²) in [7, 11) is 0. The van der Waals surface area contributed by atoms with Crippen molar-refractivity contribution in [2.75, 3.05) is 0 Å².